The number of carbonyl (C=O) groups excluding carboxylic acids is 1. The monoisotopic (exact) mass is 321 g/mol. The van der Waals surface area contributed by atoms with Crippen LogP contribution in [0.4, 0.5) is 18.3 Å². The summed E-state index contributed by atoms with van der Waals surface area (Å²) in [5.41, 5.74) is 0.677. The minimum atomic E-state index is -4.89. The lowest BCUT2D eigenvalue weighted by atomic mass is 9.99. The molecule has 0 spiro atoms. The van der Waals surface area contributed by atoms with Crippen LogP contribution in [0, 0.1) is 12.8 Å². The van der Waals surface area contributed by atoms with Gasteiger partial charge in [-0.05, 0) is 38.8 Å². The summed E-state index contributed by atoms with van der Waals surface area (Å²) >= 11 is 1.11. The summed E-state index contributed by atoms with van der Waals surface area (Å²) in [6.07, 6.45) is -2.62. The zero-order chi connectivity index (χ0) is 15.6. The van der Waals surface area contributed by atoms with Gasteiger partial charge < -0.3 is 0 Å². The maximum absolute atomic E-state index is 12.2. The molecule has 0 radical (unpaired) electrons. The van der Waals surface area contributed by atoms with Crippen molar-refractivity contribution >= 4 is 22.4 Å². The number of nitrogens with one attached hydrogen (secondary N) is 1. The molecule has 0 bridgehead atoms. The normalized spacial score (nSPS) is 18.0. The Bertz CT molecular complexity index is 507. The van der Waals surface area contributed by atoms with E-state index in [9.17, 15) is 18.0 Å². The van der Waals surface area contributed by atoms with E-state index in [0.717, 1.165) is 48.1 Å². The Morgan fingerprint density at radius 1 is 1.43 bits per heavy atom. The molecule has 0 atom stereocenters. The first-order valence-corrected chi connectivity index (χ1v) is 7.64. The fourth-order valence-electron chi connectivity index (χ4n) is 2.22. The first-order valence-electron chi connectivity index (χ1n) is 6.82. The van der Waals surface area contributed by atoms with E-state index in [2.05, 4.69) is 16.8 Å². The van der Waals surface area contributed by atoms with Crippen LogP contribution in [0.2, 0.25) is 0 Å². The van der Waals surface area contributed by atoms with Crippen molar-refractivity contribution in [3.8, 4) is 0 Å². The lowest BCUT2D eigenvalue weighted by Crippen LogP contribution is -2.32. The lowest BCUT2D eigenvalue weighted by Gasteiger charge is -2.29. The van der Waals surface area contributed by atoms with E-state index in [4.69, 9.17) is 0 Å². The second-order valence-corrected chi connectivity index (χ2v) is 6.52. The predicted octanol–water partition coefficient (Wildman–Crippen LogP) is 3.18. The summed E-state index contributed by atoms with van der Waals surface area (Å²) < 4.78 is 36.6. The highest BCUT2D eigenvalue weighted by Gasteiger charge is 2.39. The van der Waals surface area contributed by atoms with Crippen molar-refractivity contribution in [3.05, 3.63) is 10.6 Å². The maximum atomic E-state index is 12.2. The number of piperidine rings is 1. The van der Waals surface area contributed by atoms with Crippen LogP contribution >= 0.6 is 11.3 Å². The van der Waals surface area contributed by atoms with Gasteiger partial charge in [0.05, 0.1) is 5.69 Å². The van der Waals surface area contributed by atoms with Crippen LogP contribution in [0.5, 0.6) is 0 Å². The largest absolute Gasteiger partial charge is 0.471 e. The Morgan fingerprint density at radius 2 is 2.05 bits per heavy atom. The van der Waals surface area contributed by atoms with E-state index in [1.807, 2.05) is 5.32 Å². The van der Waals surface area contributed by atoms with Crippen LogP contribution in [0.15, 0.2) is 0 Å². The van der Waals surface area contributed by atoms with Crippen molar-refractivity contribution in [1.82, 2.24) is 9.88 Å². The molecule has 1 saturated heterocycles. The molecule has 118 valence electrons. The number of amides is 1. The average Bonchev–Trinajstić information content (AvgIpc) is 2.71. The molecule has 1 aromatic heterocycles. The highest BCUT2D eigenvalue weighted by molar-refractivity contribution is 7.15. The van der Waals surface area contributed by atoms with Crippen molar-refractivity contribution in [2.75, 3.05) is 18.4 Å². The number of carbonyl (C=O) groups is 1. The quantitative estimate of drug-likeness (QED) is 0.930. The number of hydrogen-bond donors (Lipinski definition) is 1. The van der Waals surface area contributed by atoms with Crippen LogP contribution in [0.3, 0.4) is 0 Å². The standard InChI is InChI=1S/C13H18F3N3OS/c1-8-3-5-19(6-4-8)7-10-9(2)17-12(21-10)18-11(20)13(14,15)16/h8H,3-7H2,1-2H3,(H,17,18,20). The maximum Gasteiger partial charge on any atom is 0.471 e. The van der Waals surface area contributed by atoms with E-state index >= 15 is 0 Å². The highest BCUT2D eigenvalue weighted by Crippen LogP contribution is 2.27. The molecule has 0 aromatic carbocycles. The number of rotatable bonds is 3. The van der Waals surface area contributed by atoms with E-state index in [0.29, 0.717) is 12.2 Å². The number of aryl methyl sites for hydroxylation is 1. The number of aromatic nitrogens is 1. The van der Waals surface area contributed by atoms with E-state index in [-0.39, 0.29) is 5.13 Å². The second kappa shape index (κ2) is 6.31. The first-order chi connectivity index (χ1) is 9.75. The summed E-state index contributed by atoms with van der Waals surface area (Å²) in [5.74, 6) is -1.25. The van der Waals surface area contributed by atoms with Gasteiger partial charge in [0, 0.05) is 11.4 Å². The van der Waals surface area contributed by atoms with Gasteiger partial charge in [0.15, 0.2) is 5.13 Å². The third kappa shape index (κ3) is 4.41. The van der Waals surface area contributed by atoms with Crippen molar-refractivity contribution in [3.63, 3.8) is 0 Å². The first kappa shape index (κ1) is 16.2. The Balaban J connectivity index is 1.97. The Morgan fingerprint density at radius 3 is 2.62 bits per heavy atom. The van der Waals surface area contributed by atoms with Crippen LogP contribution in [-0.4, -0.2) is 35.1 Å². The minimum absolute atomic E-state index is 0.00945. The Labute approximate surface area is 125 Å². The number of alkyl halides is 3. The topological polar surface area (TPSA) is 45.2 Å². The molecule has 1 aliphatic heterocycles. The summed E-state index contributed by atoms with van der Waals surface area (Å²) in [7, 11) is 0. The summed E-state index contributed by atoms with van der Waals surface area (Å²) in [6.45, 7) is 6.63. The summed E-state index contributed by atoms with van der Waals surface area (Å²) in [4.78, 5) is 18.1. The third-order valence-corrected chi connectivity index (χ3v) is 4.67. The van der Waals surface area contributed by atoms with E-state index in [1.165, 1.54) is 0 Å². The minimum Gasteiger partial charge on any atom is -0.298 e. The molecular formula is C13H18F3N3OS. The molecule has 2 rings (SSSR count). The van der Waals surface area contributed by atoms with Gasteiger partial charge in [0.1, 0.15) is 0 Å². The SMILES string of the molecule is Cc1nc(NC(=O)C(F)(F)F)sc1CN1CCC(C)CC1. The number of hydrogen-bond acceptors (Lipinski definition) is 4. The van der Waals surface area contributed by atoms with Gasteiger partial charge in [-0.15, -0.1) is 11.3 Å². The zero-order valence-electron chi connectivity index (χ0n) is 12.0. The molecule has 1 N–H and O–H groups in total. The Hall–Kier alpha value is -1.15. The Kier molecular flexibility index (Phi) is 4.88. The van der Waals surface area contributed by atoms with Crippen molar-refractivity contribution < 1.29 is 18.0 Å². The van der Waals surface area contributed by atoms with Crippen LogP contribution in [0.1, 0.15) is 30.3 Å². The van der Waals surface area contributed by atoms with Gasteiger partial charge in [-0.25, -0.2) is 4.98 Å². The van der Waals surface area contributed by atoms with Crippen molar-refractivity contribution in [2.45, 2.75) is 39.4 Å². The molecule has 21 heavy (non-hydrogen) atoms. The van der Waals surface area contributed by atoms with Gasteiger partial charge in [-0.3, -0.25) is 15.0 Å². The number of nitrogens with zero attached hydrogens (tertiary/aromatic N) is 2. The van der Waals surface area contributed by atoms with E-state index in [1.54, 1.807) is 6.92 Å². The van der Waals surface area contributed by atoms with Gasteiger partial charge in [-0.2, -0.15) is 13.2 Å². The predicted molar refractivity (Wildman–Crippen MR) is 75.2 cm³/mol. The highest BCUT2D eigenvalue weighted by atomic mass is 32.1. The molecule has 1 amide bonds. The summed E-state index contributed by atoms with van der Waals surface area (Å²) in [5, 5.41) is 1.82. The number of anilines is 1. The molecule has 2 heterocycles. The average molecular weight is 321 g/mol. The molecule has 0 unspecified atom stereocenters. The fraction of sp³-hybridized carbons (Fsp3) is 0.692. The number of thiazole rings is 1. The number of halogens is 3. The second-order valence-electron chi connectivity index (χ2n) is 5.44. The number of likely N-dealkylation sites (tertiary alicyclic amines) is 1. The lowest BCUT2D eigenvalue weighted by molar-refractivity contribution is -0.167. The molecule has 0 saturated carbocycles. The van der Waals surface area contributed by atoms with Gasteiger partial charge in [-0.1, -0.05) is 6.92 Å². The summed E-state index contributed by atoms with van der Waals surface area (Å²) in [6, 6.07) is 0. The van der Waals surface area contributed by atoms with Crippen molar-refractivity contribution in [2.24, 2.45) is 5.92 Å². The molecule has 1 aromatic rings. The molecule has 4 nitrogen and oxygen atoms in total. The van der Waals surface area contributed by atoms with Gasteiger partial charge in [0.2, 0.25) is 0 Å². The molecule has 8 heteroatoms. The van der Waals surface area contributed by atoms with E-state index < -0.39 is 12.1 Å². The molecular weight excluding hydrogens is 303 g/mol. The van der Waals surface area contributed by atoms with Gasteiger partial charge in [0.25, 0.3) is 0 Å². The van der Waals surface area contributed by atoms with Crippen LogP contribution < -0.4 is 5.32 Å². The van der Waals surface area contributed by atoms with Crippen LogP contribution in [-0.2, 0) is 11.3 Å². The molecule has 0 aliphatic carbocycles. The van der Waals surface area contributed by atoms with Gasteiger partial charge >= 0.3 is 12.1 Å². The smallest absolute Gasteiger partial charge is 0.298 e. The zero-order valence-corrected chi connectivity index (χ0v) is 12.8. The van der Waals surface area contributed by atoms with Crippen LogP contribution in [0.25, 0.3) is 0 Å². The fourth-order valence-corrected chi connectivity index (χ4v) is 3.22. The molecule has 1 aliphatic rings. The third-order valence-electron chi connectivity index (χ3n) is 3.61. The molecule has 1 fully saturated rings. The van der Waals surface area contributed by atoms with Crippen molar-refractivity contribution in [1.29, 1.82) is 0 Å².